The molecule has 0 aromatic heterocycles. The molecule has 1 aromatic rings. The Labute approximate surface area is 235 Å². The van der Waals surface area contributed by atoms with E-state index in [1.165, 1.54) is 4.90 Å². The highest BCUT2D eigenvalue weighted by molar-refractivity contribution is 7.99. The minimum atomic E-state index is -3.07. The molecule has 38 heavy (non-hydrogen) atoms. The Balaban J connectivity index is 1.78. The maximum absolute atomic E-state index is 13.1. The average molecular weight is 572 g/mol. The second-order valence-corrected chi connectivity index (χ2v) is 14.6. The highest BCUT2D eigenvalue weighted by Crippen LogP contribution is 2.50. The van der Waals surface area contributed by atoms with Crippen molar-refractivity contribution in [2.45, 2.75) is 90.1 Å². The van der Waals surface area contributed by atoms with Crippen LogP contribution in [0.4, 0.5) is 4.79 Å². The molecule has 218 valence electrons. The highest BCUT2D eigenvalue weighted by atomic mass is 32.2. The van der Waals surface area contributed by atoms with E-state index in [9.17, 15) is 9.36 Å². The van der Waals surface area contributed by atoms with Crippen molar-refractivity contribution < 1.29 is 23.1 Å². The van der Waals surface area contributed by atoms with Gasteiger partial charge < -0.3 is 28.9 Å². The molecule has 2 rings (SSSR count). The zero-order valence-electron chi connectivity index (χ0n) is 24.5. The van der Waals surface area contributed by atoms with Crippen molar-refractivity contribution in [3.05, 3.63) is 30.3 Å². The van der Waals surface area contributed by atoms with Gasteiger partial charge in [0.25, 0.3) is 0 Å². The lowest BCUT2D eigenvalue weighted by Crippen LogP contribution is -2.48. The number of ether oxygens (including phenoxy) is 1. The Morgan fingerprint density at radius 3 is 2.05 bits per heavy atom. The van der Waals surface area contributed by atoms with Gasteiger partial charge in [0.15, 0.2) is 0 Å². The maximum Gasteiger partial charge on any atom is 0.407 e. The average Bonchev–Trinajstić information content (AvgIpc) is 2.80. The summed E-state index contributed by atoms with van der Waals surface area (Å²) in [5.41, 5.74) is -0.521. The third kappa shape index (κ3) is 14.3. The van der Waals surface area contributed by atoms with Crippen molar-refractivity contribution in [2.24, 2.45) is 0 Å². The third-order valence-electron chi connectivity index (χ3n) is 5.82. The summed E-state index contributed by atoms with van der Waals surface area (Å²) < 4.78 is 29.9. The number of nitrogens with zero attached hydrogens (tertiary/aromatic N) is 2. The molecule has 1 aromatic carbocycles. The molecule has 1 amide bonds. The fourth-order valence-electron chi connectivity index (χ4n) is 4.22. The number of amides is 1. The predicted octanol–water partition coefficient (Wildman–Crippen LogP) is 6.11. The molecule has 1 aliphatic rings. The molecule has 10 heteroatoms. The van der Waals surface area contributed by atoms with Gasteiger partial charge in [0.05, 0.1) is 18.4 Å². The summed E-state index contributed by atoms with van der Waals surface area (Å²) in [5, 5.41) is 3.09. The molecular weight excluding hydrogens is 521 g/mol. The van der Waals surface area contributed by atoms with E-state index in [1.54, 1.807) is 11.8 Å². The molecule has 1 atom stereocenters. The standard InChI is InChI=1S/C28H50N3O5PS/c1-23(2)35-37(33,36-24(3)4)21-11-15-30-17-19-31(20-18-30)16-14-25(29-27(32)34-28(5,6)7)22-38-26-12-9-8-10-13-26/h8-10,12-13,23-25H,11,14-22H2,1-7H3,(H,29,32). The first-order chi connectivity index (χ1) is 17.8. The van der Waals surface area contributed by atoms with Crippen molar-refractivity contribution in [1.82, 2.24) is 15.1 Å². The molecule has 0 aliphatic carbocycles. The van der Waals surface area contributed by atoms with E-state index in [2.05, 4.69) is 27.2 Å². The second kappa shape index (κ2) is 16.2. The number of hydrogen-bond donors (Lipinski definition) is 1. The van der Waals surface area contributed by atoms with Gasteiger partial charge in [-0.1, -0.05) is 18.2 Å². The summed E-state index contributed by atoms with van der Waals surface area (Å²) in [6, 6.07) is 10.3. The number of hydrogen-bond acceptors (Lipinski definition) is 8. The number of carbonyl (C=O) groups is 1. The second-order valence-electron chi connectivity index (χ2n) is 11.4. The molecular formula is C28H50N3O5PS. The van der Waals surface area contributed by atoms with E-state index in [1.807, 2.05) is 66.7 Å². The van der Waals surface area contributed by atoms with Crippen LogP contribution in [0.15, 0.2) is 35.2 Å². The number of thioether (sulfide) groups is 1. The fourth-order valence-corrected chi connectivity index (χ4v) is 7.29. The first kappa shape index (κ1) is 33.1. The van der Waals surface area contributed by atoms with Gasteiger partial charge in [-0.15, -0.1) is 11.8 Å². The van der Waals surface area contributed by atoms with E-state index in [-0.39, 0.29) is 24.3 Å². The smallest absolute Gasteiger partial charge is 0.407 e. The summed E-state index contributed by atoms with van der Waals surface area (Å²) in [5.74, 6) is 0.792. The number of benzene rings is 1. The minimum absolute atomic E-state index is 0.0177. The van der Waals surface area contributed by atoms with Crippen LogP contribution in [0.5, 0.6) is 0 Å². The first-order valence-corrected chi connectivity index (χ1v) is 16.6. The maximum atomic E-state index is 13.1. The van der Waals surface area contributed by atoms with Crippen molar-refractivity contribution in [3.63, 3.8) is 0 Å². The molecule has 1 fully saturated rings. The summed E-state index contributed by atoms with van der Waals surface area (Å²) in [6.07, 6.45) is 1.49. The summed E-state index contributed by atoms with van der Waals surface area (Å²) in [4.78, 5) is 18.5. The quantitative estimate of drug-likeness (QED) is 0.199. The lowest BCUT2D eigenvalue weighted by atomic mass is 10.2. The first-order valence-electron chi connectivity index (χ1n) is 13.9. The van der Waals surface area contributed by atoms with Crippen LogP contribution < -0.4 is 5.32 Å². The van der Waals surface area contributed by atoms with Crippen LogP contribution in [0, 0.1) is 0 Å². The monoisotopic (exact) mass is 571 g/mol. The topological polar surface area (TPSA) is 80.3 Å². The zero-order chi connectivity index (χ0) is 28.2. The molecule has 1 unspecified atom stereocenters. The molecule has 0 saturated carbocycles. The van der Waals surface area contributed by atoms with Gasteiger partial charge in [-0.05, 0) is 80.0 Å². The molecule has 8 nitrogen and oxygen atoms in total. The highest BCUT2D eigenvalue weighted by Gasteiger charge is 2.28. The Kier molecular flexibility index (Phi) is 14.2. The van der Waals surface area contributed by atoms with E-state index in [4.69, 9.17) is 13.8 Å². The SMILES string of the molecule is CC(C)OP(=O)(CCCN1CCN(CCC(CSc2ccccc2)NC(=O)OC(C)(C)C)CC1)OC(C)C. The normalized spacial score (nSPS) is 16.7. The summed E-state index contributed by atoms with van der Waals surface area (Å²) in [6.45, 7) is 18.9. The van der Waals surface area contributed by atoms with Crippen LogP contribution in [0.1, 0.15) is 61.3 Å². The molecule has 0 radical (unpaired) electrons. The number of alkyl carbamates (subject to hydrolysis) is 1. The van der Waals surface area contributed by atoms with E-state index in [0.29, 0.717) is 6.16 Å². The molecule has 0 spiro atoms. The number of nitrogens with one attached hydrogen (secondary N) is 1. The van der Waals surface area contributed by atoms with Gasteiger partial charge >= 0.3 is 13.7 Å². The lowest BCUT2D eigenvalue weighted by molar-refractivity contribution is 0.0502. The van der Waals surface area contributed by atoms with E-state index >= 15 is 0 Å². The van der Waals surface area contributed by atoms with Gasteiger partial charge in [-0.3, -0.25) is 4.57 Å². The van der Waals surface area contributed by atoms with E-state index < -0.39 is 13.2 Å². The Morgan fingerprint density at radius 2 is 1.53 bits per heavy atom. The Bertz CT molecular complexity index is 844. The van der Waals surface area contributed by atoms with Crippen molar-refractivity contribution >= 4 is 25.5 Å². The van der Waals surface area contributed by atoms with Crippen LogP contribution in [0.3, 0.4) is 0 Å². The Hall–Kier alpha value is -1.09. The van der Waals surface area contributed by atoms with Crippen molar-refractivity contribution in [2.75, 3.05) is 51.2 Å². The molecule has 1 heterocycles. The van der Waals surface area contributed by atoms with Gasteiger partial charge in [-0.2, -0.15) is 0 Å². The van der Waals surface area contributed by atoms with Gasteiger partial charge in [-0.25, -0.2) is 4.79 Å². The van der Waals surface area contributed by atoms with E-state index in [0.717, 1.165) is 57.9 Å². The molecule has 1 aliphatic heterocycles. The van der Waals surface area contributed by atoms with Gasteiger partial charge in [0.2, 0.25) is 0 Å². The van der Waals surface area contributed by atoms with Crippen LogP contribution in [-0.2, 0) is 18.3 Å². The number of rotatable bonds is 15. The van der Waals surface area contributed by atoms with Crippen LogP contribution in [-0.4, -0.2) is 90.9 Å². The lowest BCUT2D eigenvalue weighted by Gasteiger charge is -2.35. The minimum Gasteiger partial charge on any atom is -0.444 e. The summed E-state index contributed by atoms with van der Waals surface area (Å²) in [7, 11) is -3.07. The van der Waals surface area contributed by atoms with Gasteiger partial charge in [0, 0.05) is 49.4 Å². The Morgan fingerprint density at radius 1 is 0.974 bits per heavy atom. The number of piperazine rings is 1. The number of carbonyl (C=O) groups excluding carboxylic acids is 1. The third-order valence-corrected chi connectivity index (χ3v) is 9.35. The predicted molar refractivity (Wildman–Crippen MR) is 157 cm³/mol. The zero-order valence-corrected chi connectivity index (χ0v) is 26.2. The summed E-state index contributed by atoms with van der Waals surface area (Å²) >= 11 is 1.75. The fraction of sp³-hybridized carbons (Fsp3) is 0.750. The van der Waals surface area contributed by atoms with Crippen LogP contribution in [0.25, 0.3) is 0 Å². The van der Waals surface area contributed by atoms with Crippen LogP contribution >= 0.6 is 19.4 Å². The molecule has 1 N–H and O–H groups in total. The molecule has 0 bridgehead atoms. The van der Waals surface area contributed by atoms with Crippen LogP contribution in [0.2, 0.25) is 0 Å². The van der Waals surface area contributed by atoms with Gasteiger partial charge in [0.1, 0.15) is 5.60 Å². The largest absolute Gasteiger partial charge is 0.444 e. The van der Waals surface area contributed by atoms with Crippen molar-refractivity contribution in [1.29, 1.82) is 0 Å². The van der Waals surface area contributed by atoms with Crippen molar-refractivity contribution in [3.8, 4) is 0 Å². The molecule has 1 saturated heterocycles.